The summed E-state index contributed by atoms with van der Waals surface area (Å²) in [5, 5.41) is 2.98. The number of aromatic nitrogens is 2. The molecule has 0 spiro atoms. The Hall–Kier alpha value is -3.20. The van der Waals surface area contributed by atoms with Crippen molar-refractivity contribution in [2.75, 3.05) is 20.3 Å². The molecule has 0 aliphatic heterocycles. The first-order valence-corrected chi connectivity index (χ1v) is 9.77. The number of carbonyl (C=O) groups excluding carboxylic acids is 2. The van der Waals surface area contributed by atoms with Crippen molar-refractivity contribution in [3.05, 3.63) is 56.4 Å². The largest absolute Gasteiger partial charge is 0.492 e. The Labute approximate surface area is 170 Å². The monoisotopic (exact) mass is 415 g/mol. The van der Waals surface area contributed by atoms with Crippen molar-refractivity contribution < 1.29 is 19.1 Å². The lowest BCUT2D eigenvalue weighted by atomic mass is 10.1. The maximum Gasteiger partial charge on any atom is 0.348 e. The zero-order chi connectivity index (χ0) is 21.0. The van der Waals surface area contributed by atoms with Crippen LogP contribution in [0.2, 0.25) is 0 Å². The summed E-state index contributed by atoms with van der Waals surface area (Å²) in [6.07, 6.45) is -0.136. The molecular formula is C20H21N3O5S. The van der Waals surface area contributed by atoms with Gasteiger partial charge in [0.15, 0.2) is 0 Å². The smallest absolute Gasteiger partial charge is 0.348 e. The first kappa shape index (κ1) is 20.5. The van der Waals surface area contributed by atoms with Crippen molar-refractivity contribution in [3.8, 4) is 5.75 Å². The summed E-state index contributed by atoms with van der Waals surface area (Å²) >= 11 is 1.04. The number of nitrogens with zero attached hydrogens (tertiary/aromatic N) is 1. The Bertz CT molecular complexity index is 1120. The normalized spacial score (nSPS) is 10.7. The number of amides is 1. The van der Waals surface area contributed by atoms with Crippen LogP contribution in [-0.2, 0) is 16.0 Å². The van der Waals surface area contributed by atoms with Gasteiger partial charge in [0, 0.05) is 5.56 Å². The Morgan fingerprint density at radius 1 is 1.28 bits per heavy atom. The van der Waals surface area contributed by atoms with Crippen LogP contribution in [0.25, 0.3) is 10.2 Å². The number of benzene rings is 1. The van der Waals surface area contributed by atoms with Crippen molar-refractivity contribution >= 4 is 33.4 Å². The second kappa shape index (κ2) is 8.87. The third kappa shape index (κ3) is 4.80. The minimum Gasteiger partial charge on any atom is -0.492 e. The zero-order valence-electron chi connectivity index (χ0n) is 16.3. The number of hydrogen-bond donors (Lipinski definition) is 2. The molecule has 0 aliphatic carbocycles. The van der Waals surface area contributed by atoms with Gasteiger partial charge in [0.25, 0.3) is 5.56 Å². The summed E-state index contributed by atoms with van der Waals surface area (Å²) in [6.45, 7) is 4.20. The fraction of sp³-hybridized carbons (Fsp3) is 0.300. The van der Waals surface area contributed by atoms with E-state index in [0.29, 0.717) is 22.8 Å². The summed E-state index contributed by atoms with van der Waals surface area (Å²) in [4.78, 5) is 44.4. The number of aromatic amines is 1. The van der Waals surface area contributed by atoms with E-state index in [1.807, 2.05) is 31.2 Å². The quantitative estimate of drug-likeness (QED) is 0.452. The molecule has 9 heteroatoms. The van der Waals surface area contributed by atoms with Crippen LogP contribution in [-0.4, -0.2) is 42.1 Å². The highest BCUT2D eigenvalue weighted by atomic mass is 32.1. The third-order valence-electron chi connectivity index (χ3n) is 4.17. The van der Waals surface area contributed by atoms with Gasteiger partial charge >= 0.3 is 5.97 Å². The Balaban J connectivity index is 1.70. The van der Waals surface area contributed by atoms with Gasteiger partial charge in [-0.1, -0.05) is 12.1 Å². The van der Waals surface area contributed by atoms with Crippen LogP contribution in [0.15, 0.2) is 29.1 Å². The molecule has 3 aromatic rings. The lowest BCUT2D eigenvalue weighted by molar-refractivity contribution is -0.120. The van der Waals surface area contributed by atoms with Gasteiger partial charge in [0.1, 0.15) is 27.9 Å². The Morgan fingerprint density at radius 3 is 2.79 bits per heavy atom. The van der Waals surface area contributed by atoms with Crippen LogP contribution in [0.3, 0.4) is 0 Å². The van der Waals surface area contributed by atoms with Gasteiger partial charge in [-0.3, -0.25) is 9.59 Å². The van der Waals surface area contributed by atoms with E-state index >= 15 is 0 Å². The van der Waals surface area contributed by atoms with E-state index < -0.39 is 5.97 Å². The summed E-state index contributed by atoms with van der Waals surface area (Å²) in [5.41, 5.74) is 1.02. The van der Waals surface area contributed by atoms with E-state index in [0.717, 1.165) is 22.6 Å². The molecule has 8 nitrogen and oxygen atoms in total. The standard InChI is InChI=1S/C20H21N3O5S/c1-11-5-4-6-13(9-11)28-8-7-21-15(24)10-14-16-18(25)22-12(2)23-19(16)29-17(14)20(26)27-3/h4-6,9H,7-8,10H2,1-3H3,(H,21,24)(H,22,23,25). The molecule has 152 valence electrons. The zero-order valence-corrected chi connectivity index (χ0v) is 17.1. The molecule has 29 heavy (non-hydrogen) atoms. The fourth-order valence-electron chi connectivity index (χ4n) is 2.89. The number of rotatable bonds is 7. The molecule has 0 radical (unpaired) electrons. The number of thiophene rings is 1. The molecule has 0 bridgehead atoms. The molecule has 2 aromatic heterocycles. The van der Waals surface area contributed by atoms with E-state index in [2.05, 4.69) is 15.3 Å². The summed E-state index contributed by atoms with van der Waals surface area (Å²) in [5.74, 6) is 0.229. The van der Waals surface area contributed by atoms with Crippen LogP contribution < -0.4 is 15.6 Å². The van der Waals surface area contributed by atoms with E-state index in [1.165, 1.54) is 7.11 Å². The van der Waals surface area contributed by atoms with Gasteiger partial charge in [0.2, 0.25) is 5.91 Å². The minimum atomic E-state index is -0.601. The molecule has 0 unspecified atom stereocenters. The van der Waals surface area contributed by atoms with Crippen molar-refractivity contribution in [3.63, 3.8) is 0 Å². The predicted octanol–water partition coefficient (Wildman–Crippen LogP) is 2.13. The Kier molecular flexibility index (Phi) is 6.28. The first-order chi connectivity index (χ1) is 13.9. The number of esters is 1. The van der Waals surface area contributed by atoms with Crippen LogP contribution in [0, 0.1) is 13.8 Å². The number of nitrogens with one attached hydrogen (secondary N) is 2. The number of hydrogen-bond acceptors (Lipinski definition) is 7. The van der Waals surface area contributed by atoms with Crippen molar-refractivity contribution in [2.24, 2.45) is 0 Å². The number of carbonyl (C=O) groups is 2. The van der Waals surface area contributed by atoms with E-state index in [4.69, 9.17) is 9.47 Å². The maximum atomic E-state index is 12.4. The number of methoxy groups -OCH3 is 1. The average molecular weight is 415 g/mol. The van der Waals surface area contributed by atoms with E-state index in [1.54, 1.807) is 6.92 Å². The molecule has 1 amide bonds. The van der Waals surface area contributed by atoms with E-state index in [9.17, 15) is 14.4 Å². The number of aryl methyl sites for hydroxylation is 2. The molecule has 0 saturated carbocycles. The summed E-state index contributed by atoms with van der Waals surface area (Å²) in [6, 6.07) is 7.61. The van der Waals surface area contributed by atoms with Crippen LogP contribution >= 0.6 is 11.3 Å². The second-order valence-electron chi connectivity index (χ2n) is 6.42. The van der Waals surface area contributed by atoms with Crippen LogP contribution in [0.5, 0.6) is 5.75 Å². The number of fused-ring (bicyclic) bond motifs is 1. The second-order valence-corrected chi connectivity index (χ2v) is 7.42. The number of ether oxygens (including phenoxy) is 2. The molecule has 0 saturated heterocycles. The highest BCUT2D eigenvalue weighted by molar-refractivity contribution is 7.20. The van der Waals surface area contributed by atoms with Gasteiger partial charge < -0.3 is 19.8 Å². The SMILES string of the molecule is COC(=O)c1sc2nc(C)[nH]c(=O)c2c1CC(=O)NCCOc1cccc(C)c1. The highest BCUT2D eigenvalue weighted by Crippen LogP contribution is 2.28. The third-order valence-corrected chi connectivity index (χ3v) is 5.28. The lowest BCUT2D eigenvalue weighted by Gasteiger charge is -2.09. The molecule has 3 rings (SSSR count). The Morgan fingerprint density at radius 2 is 2.07 bits per heavy atom. The van der Waals surface area contributed by atoms with Crippen LogP contribution in [0.4, 0.5) is 0 Å². The highest BCUT2D eigenvalue weighted by Gasteiger charge is 2.24. The van der Waals surface area contributed by atoms with Crippen molar-refractivity contribution in [1.29, 1.82) is 0 Å². The summed E-state index contributed by atoms with van der Waals surface area (Å²) < 4.78 is 10.4. The van der Waals surface area contributed by atoms with Gasteiger partial charge in [0.05, 0.1) is 25.5 Å². The van der Waals surface area contributed by atoms with Gasteiger partial charge in [-0.2, -0.15) is 0 Å². The number of H-pyrrole nitrogens is 1. The lowest BCUT2D eigenvalue weighted by Crippen LogP contribution is -2.30. The van der Waals surface area contributed by atoms with Crippen molar-refractivity contribution in [1.82, 2.24) is 15.3 Å². The predicted molar refractivity (Wildman–Crippen MR) is 110 cm³/mol. The van der Waals surface area contributed by atoms with Gasteiger partial charge in [-0.15, -0.1) is 11.3 Å². The van der Waals surface area contributed by atoms with Gasteiger partial charge in [-0.25, -0.2) is 9.78 Å². The van der Waals surface area contributed by atoms with Gasteiger partial charge in [-0.05, 0) is 31.5 Å². The fourth-order valence-corrected chi connectivity index (χ4v) is 4.04. The molecule has 0 aliphatic rings. The topological polar surface area (TPSA) is 110 Å². The minimum absolute atomic E-state index is 0.136. The molecular weight excluding hydrogens is 394 g/mol. The summed E-state index contributed by atoms with van der Waals surface area (Å²) in [7, 11) is 1.25. The molecule has 0 fully saturated rings. The average Bonchev–Trinajstić information content (AvgIpc) is 3.03. The van der Waals surface area contributed by atoms with E-state index in [-0.39, 0.29) is 34.7 Å². The first-order valence-electron chi connectivity index (χ1n) is 8.96. The van der Waals surface area contributed by atoms with Crippen molar-refractivity contribution in [2.45, 2.75) is 20.3 Å². The molecule has 2 N–H and O–H groups in total. The maximum absolute atomic E-state index is 12.4. The molecule has 2 heterocycles. The molecule has 0 atom stereocenters. The van der Waals surface area contributed by atoms with Crippen LogP contribution in [0.1, 0.15) is 26.6 Å². The molecule has 1 aromatic carbocycles.